The minimum atomic E-state index is -0.883. The molecule has 1 amide bonds. The standard InChI is InChI=1S/C14H18N2O2S/c1-14(18,9-19-2)8-16-13(17)11-4-3-10-5-6-15-12(10)7-11/h3-7,15,18H,8-9H2,1-2H3,(H,16,17). The number of hydrogen-bond acceptors (Lipinski definition) is 3. The zero-order chi connectivity index (χ0) is 13.9. The number of amides is 1. The van der Waals surface area contributed by atoms with Crippen molar-refractivity contribution in [3.8, 4) is 0 Å². The number of fused-ring (bicyclic) bond motifs is 1. The average molecular weight is 278 g/mol. The van der Waals surface area contributed by atoms with Crippen molar-refractivity contribution in [2.75, 3.05) is 18.6 Å². The molecule has 4 nitrogen and oxygen atoms in total. The molecule has 3 N–H and O–H groups in total. The van der Waals surface area contributed by atoms with Gasteiger partial charge in [-0.2, -0.15) is 11.8 Å². The van der Waals surface area contributed by atoms with Gasteiger partial charge in [-0.3, -0.25) is 4.79 Å². The lowest BCUT2D eigenvalue weighted by Gasteiger charge is -2.22. The molecule has 0 aliphatic rings. The number of thioether (sulfide) groups is 1. The van der Waals surface area contributed by atoms with E-state index in [9.17, 15) is 9.90 Å². The molecule has 0 saturated heterocycles. The molecule has 1 aromatic carbocycles. The Morgan fingerprint density at radius 3 is 3.00 bits per heavy atom. The molecule has 0 saturated carbocycles. The summed E-state index contributed by atoms with van der Waals surface area (Å²) >= 11 is 1.55. The molecular weight excluding hydrogens is 260 g/mol. The van der Waals surface area contributed by atoms with Crippen molar-refractivity contribution in [2.45, 2.75) is 12.5 Å². The molecule has 0 radical (unpaired) electrons. The second kappa shape index (κ2) is 5.67. The van der Waals surface area contributed by atoms with Gasteiger partial charge >= 0.3 is 0 Å². The number of benzene rings is 1. The van der Waals surface area contributed by atoms with E-state index in [1.165, 1.54) is 0 Å². The lowest BCUT2D eigenvalue weighted by molar-refractivity contribution is 0.0725. The highest BCUT2D eigenvalue weighted by molar-refractivity contribution is 7.98. The van der Waals surface area contributed by atoms with Crippen LogP contribution in [0.5, 0.6) is 0 Å². The molecule has 19 heavy (non-hydrogen) atoms. The maximum absolute atomic E-state index is 12.0. The number of rotatable bonds is 5. The van der Waals surface area contributed by atoms with E-state index >= 15 is 0 Å². The zero-order valence-electron chi connectivity index (χ0n) is 11.1. The van der Waals surface area contributed by atoms with E-state index in [-0.39, 0.29) is 12.5 Å². The first-order valence-corrected chi connectivity index (χ1v) is 7.48. The Kier molecular flexibility index (Phi) is 4.17. The summed E-state index contributed by atoms with van der Waals surface area (Å²) in [5, 5.41) is 13.8. The van der Waals surface area contributed by atoms with Gasteiger partial charge in [-0.1, -0.05) is 6.07 Å². The van der Waals surface area contributed by atoms with Gasteiger partial charge in [0.1, 0.15) is 0 Å². The number of H-pyrrole nitrogens is 1. The van der Waals surface area contributed by atoms with E-state index in [2.05, 4.69) is 10.3 Å². The molecule has 1 aromatic heterocycles. The van der Waals surface area contributed by atoms with Crippen LogP contribution in [-0.2, 0) is 0 Å². The van der Waals surface area contributed by atoms with Gasteiger partial charge in [-0.15, -0.1) is 0 Å². The molecule has 1 atom stereocenters. The summed E-state index contributed by atoms with van der Waals surface area (Å²) in [6, 6.07) is 7.46. The average Bonchev–Trinajstić information content (AvgIpc) is 2.83. The SMILES string of the molecule is CSCC(C)(O)CNC(=O)c1ccc2cc[nH]c2c1. The van der Waals surface area contributed by atoms with Crippen molar-refractivity contribution in [2.24, 2.45) is 0 Å². The predicted molar refractivity (Wildman–Crippen MR) is 79.6 cm³/mol. The number of carbonyl (C=O) groups is 1. The van der Waals surface area contributed by atoms with Crippen molar-refractivity contribution in [1.82, 2.24) is 10.3 Å². The third kappa shape index (κ3) is 3.52. The number of nitrogens with one attached hydrogen (secondary N) is 2. The van der Waals surface area contributed by atoms with Crippen LogP contribution in [0.25, 0.3) is 10.9 Å². The van der Waals surface area contributed by atoms with E-state index in [1.807, 2.05) is 30.7 Å². The molecule has 1 heterocycles. The summed E-state index contributed by atoms with van der Waals surface area (Å²) in [6.45, 7) is 1.97. The van der Waals surface area contributed by atoms with Crippen molar-refractivity contribution in [1.29, 1.82) is 0 Å². The third-order valence-electron chi connectivity index (χ3n) is 2.90. The van der Waals surface area contributed by atoms with Crippen LogP contribution in [-0.4, -0.2) is 40.2 Å². The first kappa shape index (κ1) is 14.0. The molecular formula is C14H18N2O2S. The maximum atomic E-state index is 12.0. The lowest BCUT2D eigenvalue weighted by Crippen LogP contribution is -2.42. The van der Waals surface area contributed by atoms with Crippen molar-refractivity contribution in [3.63, 3.8) is 0 Å². The normalized spacial score (nSPS) is 14.3. The topological polar surface area (TPSA) is 65.1 Å². The number of aromatic amines is 1. The van der Waals surface area contributed by atoms with E-state index in [0.29, 0.717) is 11.3 Å². The van der Waals surface area contributed by atoms with Crippen molar-refractivity contribution < 1.29 is 9.90 Å². The number of aromatic nitrogens is 1. The fourth-order valence-corrected chi connectivity index (χ4v) is 2.65. The minimum Gasteiger partial charge on any atom is -0.387 e. The fourth-order valence-electron chi connectivity index (χ4n) is 1.92. The lowest BCUT2D eigenvalue weighted by atomic mass is 10.1. The van der Waals surface area contributed by atoms with Gasteiger partial charge in [0.15, 0.2) is 0 Å². The summed E-state index contributed by atoms with van der Waals surface area (Å²) in [5.74, 6) is 0.418. The molecule has 0 aliphatic carbocycles. The van der Waals surface area contributed by atoms with Crippen LogP contribution in [0.15, 0.2) is 30.5 Å². The summed E-state index contributed by atoms with van der Waals surface area (Å²) < 4.78 is 0. The number of aliphatic hydroxyl groups is 1. The maximum Gasteiger partial charge on any atom is 0.251 e. The van der Waals surface area contributed by atoms with Gasteiger partial charge in [-0.05, 0) is 36.8 Å². The van der Waals surface area contributed by atoms with E-state index < -0.39 is 5.60 Å². The molecule has 0 fully saturated rings. The van der Waals surface area contributed by atoms with E-state index in [1.54, 1.807) is 24.8 Å². The van der Waals surface area contributed by atoms with Crippen molar-refractivity contribution in [3.05, 3.63) is 36.0 Å². The fraction of sp³-hybridized carbons (Fsp3) is 0.357. The number of carbonyl (C=O) groups excluding carboxylic acids is 1. The molecule has 0 aliphatic heterocycles. The minimum absolute atomic E-state index is 0.169. The Morgan fingerprint density at radius 2 is 2.26 bits per heavy atom. The number of hydrogen-bond donors (Lipinski definition) is 3. The van der Waals surface area contributed by atoms with Crippen LogP contribution >= 0.6 is 11.8 Å². The highest BCUT2D eigenvalue weighted by Gasteiger charge is 2.20. The molecule has 0 spiro atoms. The van der Waals surface area contributed by atoms with Crippen LogP contribution in [0.2, 0.25) is 0 Å². The molecule has 1 unspecified atom stereocenters. The molecule has 102 valence electrons. The molecule has 2 aromatic rings. The van der Waals surface area contributed by atoms with Gasteiger partial charge in [0.25, 0.3) is 5.91 Å². The molecule has 5 heteroatoms. The van der Waals surface area contributed by atoms with Crippen LogP contribution in [0.4, 0.5) is 0 Å². The largest absolute Gasteiger partial charge is 0.387 e. The van der Waals surface area contributed by atoms with Crippen LogP contribution in [0.1, 0.15) is 17.3 Å². The van der Waals surface area contributed by atoms with Crippen LogP contribution < -0.4 is 5.32 Å². The first-order valence-electron chi connectivity index (χ1n) is 6.08. The Morgan fingerprint density at radius 1 is 1.47 bits per heavy atom. The second-order valence-corrected chi connectivity index (χ2v) is 5.76. The highest BCUT2D eigenvalue weighted by atomic mass is 32.2. The summed E-state index contributed by atoms with van der Waals surface area (Å²) in [4.78, 5) is 15.1. The van der Waals surface area contributed by atoms with Gasteiger partial charge in [-0.25, -0.2) is 0 Å². The quantitative estimate of drug-likeness (QED) is 0.784. The van der Waals surface area contributed by atoms with E-state index in [0.717, 1.165) is 10.9 Å². The highest BCUT2D eigenvalue weighted by Crippen LogP contribution is 2.14. The van der Waals surface area contributed by atoms with Crippen LogP contribution in [0.3, 0.4) is 0 Å². The van der Waals surface area contributed by atoms with Crippen LogP contribution in [0, 0.1) is 0 Å². The van der Waals surface area contributed by atoms with Gasteiger partial charge in [0, 0.05) is 29.6 Å². The second-order valence-electron chi connectivity index (χ2n) is 4.89. The molecule has 2 rings (SSSR count). The summed E-state index contributed by atoms with van der Waals surface area (Å²) in [7, 11) is 0. The van der Waals surface area contributed by atoms with Gasteiger partial charge in [0.2, 0.25) is 0 Å². The predicted octanol–water partition coefficient (Wildman–Crippen LogP) is 2.01. The summed E-state index contributed by atoms with van der Waals surface area (Å²) in [6.07, 6.45) is 3.77. The summed E-state index contributed by atoms with van der Waals surface area (Å²) in [5.41, 5.74) is 0.643. The Labute approximate surface area is 116 Å². The molecule has 0 bridgehead atoms. The van der Waals surface area contributed by atoms with E-state index in [4.69, 9.17) is 0 Å². The first-order chi connectivity index (χ1) is 9.02. The monoisotopic (exact) mass is 278 g/mol. The zero-order valence-corrected chi connectivity index (χ0v) is 11.9. The Balaban J connectivity index is 2.03. The Bertz CT molecular complexity index is 578. The van der Waals surface area contributed by atoms with Crippen molar-refractivity contribution >= 4 is 28.6 Å². The van der Waals surface area contributed by atoms with Gasteiger partial charge in [0.05, 0.1) is 5.60 Å². The smallest absolute Gasteiger partial charge is 0.251 e. The Hall–Kier alpha value is -1.46. The third-order valence-corrected chi connectivity index (χ3v) is 3.81. The van der Waals surface area contributed by atoms with Gasteiger partial charge < -0.3 is 15.4 Å².